The first-order valence-corrected chi connectivity index (χ1v) is 13.0. The molecule has 0 saturated carbocycles. The van der Waals surface area contributed by atoms with Gasteiger partial charge in [0.05, 0.1) is 25.5 Å². The Balaban J connectivity index is 1.50. The number of fused-ring (bicyclic) bond motifs is 1. The Hall–Kier alpha value is -4.08. The molecule has 4 heterocycles. The SMILES string of the molecule is Cc1ccc2cc([C@H](c3nnnn3C[C@@H]3CCCO3)N(Cc3ccccc3)Cc3ccco3)c(=O)[nH]c2c1. The third-order valence-electron chi connectivity index (χ3n) is 7.06. The first-order valence-electron chi connectivity index (χ1n) is 13.0. The van der Waals surface area contributed by atoms with Crippen LogP contribution in [0.2, 0.25) is 0 Å². The van der Waals surface area contributed by atoms with E-state index in [9.17, 15) is 4.79 Å². The Morgan fingerprint density at radius 2 is 2.00 bits per heavy atom. The van der Waals surface area contributed by atoms with Crippen LogP contribution in [0, 0.1) is 6.92 Å². The first-order chi connectivity index (χ1) is 18.6. The topological polar surface area (TPSA) is 102 Å². The minimum atomic E-state index is -0.536. The molecule has 3 aromatic heterocycles. The number of ether oxygens (including phenoxy) is 1. The van der Waals surface area contributed by atoms with Crippen LogP contribution in [0.25, 0.3) is 10.9 Å². The zero-order valence-electron chi connectivity index (χ0n) is 21.3. The predicted molar refractivity (Wildman–Crippen MR) is 142 cm³/mol. The van der Waals surface area contributed by atoms with Gasteiger partial charge in [-0.15, -0.1) is 5.10 Å². The molecule has 6 rings (SSSR count). The Bertz CT molecular complexity index is 1550. The van der Waals surface area contributed by atoms with Crippen molar-refractivity contribution in [3.05, 3.63) is 112 Å². The van der Waals surface area contributed by atoms with Gasteiger partial charge in [-0.2, -0.15) is 0 Å². The largest absolute Gasteiger partial charge is 0.468 e. The average molecular weight is 511 g/mol. The van der Waals surface area contributed by atoms with Crippen molar-refractivity contribution in [3.63, 3.8) is 0 Å². The molecular weight excluding hydrogens is 480 g/mol. The number of H-pyrrole nitrogens is 1. The van der Waals surface area contributed by atoms with Crippen LogP contribution in [-0.2, 0) is 24.4 Å². The molecule has 0 amide bonds. The molecule has 5 aromatic rings. The van der Waals surface area contributed by atoms with Gasteiger partial charge in [-0.3, -0.25) is 9.69 Å². The number of furan rings is 1. The highest BCUT2D eigenvalue weighted by atomic mass is 16.5. The standard InChI is InChI=1S/C29H30N6O3/c1-20-11-12-22-16-25(29(36)30-26(22)15-20)27(28-31-32-33-35(28)19-24-10-6-14-38-24)34(18-23-9-5-13-37-23)17-21-7-3-2-4-8-21/h2-5,7-9,11-13,15-16,24,27H,6,10,14,17-19H2,1H3,(H,30,36)/t24-,27+/m0/s1. The lowest BCUT2D eigenvalue weighted by molar-refractivity contribution is 0.0901. The van der Waals surface area contributed by atoms with Gasteiger partial charge in [0.2, 0.25) is 0 Å². The van der Waals surface area contributed by atoms with Gasteiger partial charge in [-0.05, 0) is 71.0 Å². The summed E-state index contributed by atoms with van der Waals surface area (Å²) in [5.74, 6) is 1.39. The molecule has 9 nitrogen and oxygen atoms in total. The number of hydrogen-bond donors (Lipinski definition) is 1. The van der Waals surface area contributed by atoms with Crippen LogP contribution in [0.5, 0.6) is 0 Å². The number of aryl methyl sites for hydroxylation is 1. The lowest BCUT2D eigenvalue weighted by Crippen LogP contribution is -2.35. The summed E-state index contributed by atoms with van der Waals surface area (Å²) >= 11 is 0. The lowest BCUT2D eigenvalue weighted by Gasteiger charge is -2.30. The van der Waals surface area contributed by atoms with E-state index in [-0.39, 0.29) is 11.7 Å². The van der Waals surface area contributed by atoms with Crippen molar-refractivity contribution in [2.24, 2.45) is 0 Å². The third-order valence-corrected chi connectivity index (χ3v) is 7.06. The Kier molecular flexibility index (Phi) is 6.85. The van der Waals surface area contributed by atoms with Crippen LogP contribution >= 0.6 is 0 Å². The van der Waals surface area contributed by atoms with Crippen LogP contribution in [0.4, 0.5) is 0 Å². The highest BCUT2D eigenvalue weighted by Gasteiger charge is 2.32. The molecule has 38 heavy (non-hydrogen) atoms. The van der Waals surface area contributed by atoms with Crippen molar-refractivity contribution in [2.75, 3.05) is 6.61 Å². The maximum atomic E-state index is 13.7. The Labute approximate surface area is 220 Å². The van der Waals surface area contributed by atoms with Crippen molar-refractivity contribution in [1.82, 2.24) is 30.1 Å². The number of benzene rings is 2. The Morgan fingerprint density at radius 1 is 1.11 bits per heavy atom. The van der Waals surface area contributed by atoms with Gasteiger partial charge in [0, 0.05) is 24.2 Å². The van der Waals surface area contributed by atoms with Crippen molar-refractivity contribution < 1.29 is 9.15 Å². The number of nitrogens with zero attached hydrogens (tertiary/aromatic N) is 5. The van der Waals surface area contributed by atoms with Gasteiger partial charge in [-0.25, -0.2) is 4.68 Å². The second-order valence-corrected chi connectivity index (χ2v) is 9.87. The fourth-order valence-electron chi connectivity index (χ4n) is 5.21. The second-order valence-electron chi connectivity index (χ2n) is 9.87. The van der Waals surface area contributed by atoms with E-state index in [4.69, 9.17) is 9.15 Å². The Morgan fingerprint density at radius 3 is 2.79 bits per heavy atom. The van der Waals surface area contributed by atoms with Crippen LogP contribution in [-0.4, -0.2) is 42.8 Å². The number of rotatable bonds is 9. The van der Waals surface area contributed by atoms with Crippen molar-refractivity contribution in [2.45, 2.75) is 51.5 Å². The van der Waals surface area contributed by atoms with Crippen molar-refractivity contribution in [3.8, 4) is 0 Å². The molecule has 2 aromatic carbocycles. The summed E-state index contributed by atoms with van der Waals surface area (Å²) in [7, 11) is 0. The number of aromatic amines is 1. The number of nitrogens with one attached hydrogen (secondary N) is 1. The molecule has 1 aliphatic rings. The van der Waals surface area contributed by atoms with Crippen LogP contribution in [0.15, 0.2) is 82.2 Å². The third kappa shape index (κ3) is 5.16. The first kappa shape index (κ1) is 24.3. The molecule has 1 fully saturated rings. The molecule has 9 heteroatoms. The highest BCUT2D eigenvalue weighted by Crippen LogP contribution is 2.31. The molecular formula is C29H30N6O3. The number of hydrogen-bond acceptors (Lipinski definition) is 7. The molecule has 1 saturated heterocycles. The minimum absolute atomic E-state index is 0.0448. The van der Waals surface area contributed by atoms with Crippen molar-refractivity contribution in [1.29, 1.82) is 0 Å². The summed E-state index contributed by atoms with van der Waals surface area (Å²) in [6, 6.07) is 21.5. The van der Waals surface area contributed by atoms with Gasteiger partial charge in [0.25, 0.3) is 5.56 Å². The summed E-state index contributed by atoms with van der Waals surface area (Å²) in [6.45, 7) is 4.31. The van der Waals surface area contributed by atoms with E-state index in [2.05, 4.69) is 37.5 Å². The van der Waals surface area contributed by atoms with E-state index >= 15 is 0 Å². The molecule has 1 N–H and O–H groups in total. The predicted octanol–water partition coefficient (Wildman–Crippen LogP) is 4.39. The van der Waals surface area contributed by atoms with Crippen LogP contribution in [0.3, 0.4) is 0 Å². The average Bonchev–Trinajstić information content (AvgIpc) is 3.70. The summed E-state index contributed by atoms with van der Waals surface area (Å²) < 4.78 is 13.4. The van der Waals surface area contributed by atoms with Gasteiger partial charge < -0.3 is 14.1 Å². The maximum Gasteiger partial charge on any atom is 0.253 e. The molecule has 194 valence electrons. The molecule has 0 radical (unpaired) electrons. The minimum Gasteiger partial charge on any atom is -0.468 e. The fourth-order valence-corrected chi connectivity index (χ4v) is 5.21. The summed E-state index contributed by atoms with van der Waals surface area (Å²) in [5.41, 5.74) is 3.40. The van der Waals surface area contributed by atoms with Crippen LogP contribution < -0.4 is 5.56 Å². The van der Waals surface area contributed by atoms with Crippen LogP contribution in [0.1, 0.15) is 47.2 Å². The monoisotopic (exact) mass is 510 g/mol. The molecule has 0 unspecified atom stereocenters. The zero-order valence-corrected chi connectivity index (χ0v) is 21.3. The second kappa shape index (κ2) is 10.7. The zero-order chi connectivity index (χ0) is 25.9. The number of tetrazole rings is 1. The highest BCUT2D eigenvalue weighted by molar-refractivity contribution is 5.79. The summed E-state index contributed by atoms with van der Waals surface area (Å²) in [6.07, 6.45) is 3.69. The molecule has 1 aliphatic heterocycles. The number of aromatic nitrogens is 5. The van der Waals surface area contributed by atoms with E-state index in [0.717, 1.165) is 47.2 Å². The molecule has 0 spiro atoms. The normalized spacial score (nSPS) is 16.4. The van der Waals surface area contributed by atoms with E-state index in [1.165, 1.54) is 0 Å². The smallest absolute Gasteiger partial charge is 0.253 e. The quantitative estimate of drug-likeness (QED) is 0.314. The lowest BCUT2D eigenvalue weighted by atomic mass is 10.0. The van der Waals surface area contributed by atoms with E-state index in [1.54, 1.807) is 10.9 Å². The summed E-state index contributed by atoms with van der Waals surface area (Å²) in [5, 5.41) is 13.8. The maximum absolute atomic E-state index is 13.7. The molecule has 0 bridgehead atoms. The molecule has 2 atom stereocenters. The van der Waals surface area contributed by atoms with Gasteiger partial charge in [0.1, 0.15) is 11.8 Å². The van der Waals surface area contributed by atoms with E-state index in [0.29, 0.717) is 31.0 Å². The van der Waals surface area contributed by atoms with Gasteiger partial charge in [0.15, 0.2) is 5.82 Å². The van der Waals surface area contributed by atoms with Gasteiger partial charge in [-0.1, -0.05) is 42.5 Å². The fraction of sp³-hybridized carbons (Fsp3) is 0.310. The van der Waals surface area contributed by atoms with E-state index in [1.807, 2.05) is 61.5 Å². The van der Waals surface area contributed by atoms with E-state index < -0.39 is 6.04 Å². The number of pyridine rings is 1. The van der Waals surface area contributed by atoms with Gasteiger partial charge >= 0.3 is 0 Å². The summed E-state index contributed by atoms with van der Waals surface area (Å²) in [4.78, 5) is 19.0. The molecule has 0 aliphatic carbocycles. The van der Waals surface area contributed by atoms with Crippen molar-refractivity contribution >= 4 is 10.9 Å².